The summed E-state index contributed by atoms with van der Waals surface area (Å²) in [7, 11) is 0. The number of fused-ring (bicyclic) bond motifs is 1. The van der Waals surface area contributed by atoms with E-state index in [1.54, 1.807) is 19.1 Å². The summed E-state index contributed by atoms with van der Waals surface area (Å²) in [4.78, 5) is 0. The number of hydrogen-bond donors (Lipinski definition) is 1. The van der Waals surface area contributed by atoms with Crippen molar-refractivity contribution in [3.63, 3.8) is 0 Å². The highest BCUT2D eigenvalue weighted by molar-refractivity contribution is 5.43. The molecule has 0 amide bonds. The van der Waals surface area contributed by atoms with Crippen LogP contribution in [-0.2, 0) is 12.8 Å². The van der Waals surface area contributed by atoms with Crippen LogP contribution in [0.5, 0.6) is 11.5 Å². The molecular weight excluding hydrogens is 255 g/mol. The van der Waals surface area contributed by atoms with Crippen molar-refractivity contribution in [3.05, 3.63) is 58.9 Å². The van der Waals surface area contributed by atoms with E-state index < -0.39 is 11.9 Å². The van der Waals surface area contributed by atoms with Crippen LogP contribution in [0.2, 0.25) is 0 Å². The van der Waals surface area contributed by atoms with Gasteiger partial charge in [-0.25, -0.2) is 4.39 Å². The summed E-state index contributed by atoms with van der Waals surface area (Å²) in [5.74, 6) is 0.280. The fourth-order valence-electron chi connectivity index (χ4n) is 2.69. The molecule has 1 aliphatic rings. The number of aryl methyl sites for hydroxylation is 2. The molecule has 2 aromatic carbocycles. The van der Waals surface area contributed by atoms with Gasteiger partial charge in [0.2, 0.25) is 0 Å². The average molecular weight is 272 g/mol. The van der Waals surface area contributed by atoms with Crippen LogP contribution in [0.25, 0.3) is 0 Å². The number of aliphatic hydroxyl groups is 1. The lowest BCUT2D eigenvalue weighted by atomic mass is 10.1. The van der Waals surface area contributed by atoms with Crippen molar-refractivity contribution < 1.29 is 14.2 Å². The Balaban J connectivity index is 1.95. The molecule has 0 radical (unpaired) electrons. The Morgan fingerprint density at radius 1 is 1.15 bits per heavy atom. The standard InChI is InChI=1S/C17H17FO2/c1-11(19)15-6-3-7-16(18)17(15)20-14-9-8-12-4-2-5-13(12)10-14/h3,6-11,19H,2,4-5H2,1H3. The van der Waals surface area contributed by atoms with Gasteiger partial charge < -0.3 is 9.84 Å². The highest BCUT2D eigenvalue weighted by Gasteiger charge is 2.16. The molecule has 0 aromatic heterocycles. The van der Waals surface area contributed by atoms with Crippen molar-refractivity contribution in [1.29, 1.82) is 0 Å². The van der Waals surface area contributed by atoms with Gasteiger partial charge >= 0.3 is 0 Å². The number of para-hydroxylation sites is 1. The zero-order valence-electron chi connectivity index (χ0n) is 11.4. The SMILES string of the molecule is CC(O)c1cccc(F)c1Oc1ccc2c(c1)CCC2. The van der Waals surface area contributed by atoms with Crippen molar-refractivity contribution in [1.82, 2.24) is 0 Å². The molecule has 0 heterocycles. The predicted octanol–water partition coefficient (Wildman–Crippen LogP) is 4.16. The number of hydrogen-bond acceptors (Lipinski definition) is 2. The van der Waals surface area contributed by atoms with Gasteiger partial charge in [-0.2, -0.15) is 0 Å². The lowest BCUT2D eigenvalue weighted by Gasteiger charge is -2.14. The van der Waals surface area contributed by atoms with Crippen LogP contribution < -0.4 is 4.74 Å². The van der Waals surface area contributed by atoms with Crippen LogP contribution in [0, 0.1) is 5.82 Å². The van der Waals surface area contributed by atoms with E-state index in [1.807, 2.05) is 18.2 Å². The minimum Gasteiger partial charge on any atom is -0.454 e. The molecule has 1 unspecified atom stereocenters. The van der Waals surface area contributed by atoms with Gasteiger partial charge in [-0.05, 0) is 55.5 Å². The summed E-state index contributed by atoms with van der Waals surface area (Å²) in [5.41, 5.74) is 3.09. The third-order valence-corrected chi connectivity index (χ3v) is 3.74. The van der Waals surface area contributed by atoms with E-state index in [9.17, 15) is 9.50 Å². The van der Waals surface area contributed by atoms with Crippen LogP contribution in [0.3, 0.4) is 0 Å². The lowest BCUT2D eigenvalue weighted by Crippen LogP contribution is -1.99. The van der Waals surface area contributed by atoms with Crippen molar-refractivity contribution in [2.75, 3.05) is 0 Å². The topological polar surface area (TPSA) is 29.5 Å². The van der Waals surface area contributed by atoms with Gasteiger partial charge in [0, 0.05) is 5.56 Å². The second-order valence-electron chi connectivity index (χ2n) is 5.22. The number of aliphatic hydroxyl groups excluding tert-OH is 1. The maximum absolute atomic E-state index is 13.9. The maximum Gasteiger partial charge on any atom is 0.168 e. The fraction of sp³-hybridized carbons (Fsp3) is 0.294. The van der Waals surface area contributed by atoms with Gasteiger partial charge in [-0.15, -0.1) is 0 Å². The van der Waals surface area contributed by atoms with Crippen molar-refractivity contribution in [2.24, 2.45) is 0 Å². The third-order valence-electron chi connectivity index (χ3n) is 3.74. The van der Waals surface area contributed by atoms with Gasteiger partial charge in [-0.3, -0.25) is 0 Å². The molecule has 0 spiro atoms. The molecule has 0 saturated carbocycles. The highest BCUT2D eigenvalue weighted by Crippen LogP contribution is 2.34. The first-order chi connectivity index (χ1) is 9.65. The molecule has 20 heavy (non-hydrogen) atoms. The number of rotatable bonds is 3. The normalized spacial score (nSPS) is 14.9. The molecule has 0 fully saturated rings. The maximum atomic E-state index is 13.9. The van der Waals surface area contributed by atoms with E-state index in [4.69, 9.17) is 4.74 Å². The Morgan fingerprint density at radius 3 is 2.75 bits per heavy atom. The zero-order chi connectivity index (χ0) is 14.1. The van der Waals surface area contributed by atoms with Crippen LogP contribution in [0.1, 0.15) is 36.1 Å². The number of halogens is 1. The Hall–Kier alpha value is -1.87. The van der Waals surface area contributed by atoms with Gasteiger partial charge in [0.05, 0.1) is 6.10 Å². The second kappa shape index (κ2) is 5.25. The smallest absolute Gasteiger partial charge is 0.168 e. The van der Waals surface area contributed by atoms with Crippen molar-refractivity contribution >= 4 is 0 Å². The average Bonchev–Trinajstić information content (AvgIpc) is 2.88. The highest BCUT2D eigenvalue weighted by atomic mass is 19.1. The molecule has 2 nitrogen and oxygen atoms in total. The van der Waals surface area contributed by atoms with E-state index in [2.05, 4.69) is 0 Å². The van der Waals surface area contributed by atoms with Gasteiger partial charge in [0.25, 0.3) is 0 Å². The summed E-state index contributed by atoms with van der Waals surface area (Å²) in [6.45, 7) is 1.60. The molecular formula is C17H17FO2. The summed E-state index contributed by atoms with van der Waals surface area (Å²) in [5, 5.41) is 9.72. The Kier molecular flexibility index (Phi) is 3.45. The van der Waals surface area contributed by atoms with Crippen LogP contribution in [-0.4, -0.2) is 5.11 Å². The molecule has 3 rings (SSSR count). The quantitative estimate of drug-likeness (QED) is 0.909. The van der Waals surface area contributed by atoms with E-state index in [0.717, 1.165) is 19.3 Å². The van der Waals surface area contributed by atoms with Crippen LogP contribution >= 0.6 is 0 Å². The zero-order valence-corrected chi connectivity index (χ0v) is 11.4. The first-order valence-corrected chi connectivity index (χ1v) is 6.91. The molecule has 1 N–H and O–H groups in total. The molecule has 3 heteroatoms. The Morgan fingerprint density at radius 2 is 1.95 bits per heavy atom. The van der Waals surface area contributed by atoms with E-state index in [1.165, 1.54) is 17.2 Å². The summed E-state index contributed by atoms with van der Waals surface area (Å²) < 4.78 is 19.6. The molecule has 0 bridgehead atoms. The van der Waals surface area contributed by atoms with Crippen LogP contribution in [0.15, 0.2) is 36.4 Å². The molecule has 1 aliphatic carbocycles. The van der Waals surface area contributed by atoms with Gasteiger partial charge in [0.15, 0.2) is 11.6 Å². The first-order valence-electron chi connectivity index (χ1n) is 6.91. The van der Waals surface area contributed by atoms with E-state index in [-0.39, 0.29) is 5.75 Å². The second-order valence-corrected chi connectivity index (χ2v) is 5.22. The van der Waals surface area contributed by atoms with Crippen molar-refractivity contribution in [3.8, 4) is 11.5 Å². The van der Waals surface area contributed by atoms with E-state index >= 15 is 0 Å². The third kappa shape index (κ3) is 2.41. The Labute approximate surface area is 117 Å². The van der Waals surface area contributed by atoms with Gasteiger partial charge in [0.1, 0.15) is 5.75 Å². The summed E-state index contributed by atoms with van der Waals surface area (Å²) in [6, 6.07) is 10.5. The molecule has 1 atom stereocenters. The lowest BCUT2D eigenvalue weighted by molar-refractivity contribution is 0.194. The monoisotopic (exact) mass is 272 g/mol. The molecule has 104 valence electrons. The molecule has 2 aromatic rings. The number of benzene rings is 2. The summed E-state index contributed by atoms with van der Waals surface area (Å²) in [6.07, 6.45) is 2.55. The van der Waals surface area contributed by atoms with Crippen LogP contribution in [0.4, 0.5) is 4.39 Å². The molecule has 0 aliphatic heterocycles. The first kappa shape index (κ1) is 13.1. The Bertz CT molecular complexity index is 635. The largest absolute Gasteiger partial charge is 0.454 e. The summed E-state index contributed by atoms with van der Waals surface area (Å²) >= 11 is 0. The minimum absolute atomic E-state index is 0.112. The number of ether oxygens (including phenoxy) is 1. The predicted molar refractivity (Wildman–Crippen MR) is 75.6 cm³/mol. The minimum atomic E-state index is -0.768. The van der Waals surface area contributed by atoms with E-state index in [0.29, 0.717) is 11.3 Å². The molecule has 0 saturated heterocycles. The van der Waals surface area contributed by atoms with Gasteiger partial charge in [-0.1, -0.05) is 18.2 Å². The van der Waals surface area contributed by atoms with Crippen molar-refractivity contribution in [2.45, 2.75) is 32.3 Å². The fourth-order valence-corrected chi connectivity index (χ4v) is 2.69.